The van der Waals surface area contributed by atoms with Gasteiger partial charge in [-0.15, -0.1) is 0 Å². The minimum atomic E-state index is -0.212. The molecule has 3 heteroatoms. The number of anilines is 2. The quantitative estimate of drug-likeness (QED) is 0.688. The van der Waals surface area contributed by atoms with Gasteiger partial charge in [0.15, 0.2) is 0 Å². The second-order valence-electron chi connectivity index (χ2n) is 4.28. The Balaban J connectivity index is 2.36. The summed E-state index contributed by atoms with van der Waals surface area (Å²) >= 11 is 0. The lowest BCUT2D eigenvalue weighted by Gasteiger charge is -2.15. The van der Waals surface area contributed by atoms with E-state index in [1.807, 2.05) is 43.3 Å². The third kappa shape index (κ3) is 2.40. The van der Waals surface area contributed by atoms with Crippen molar-refractivity contribution in [2.75, 3.05) is 11.5 Å². The Hall–Kier alpha value is -2.00. The molecule has 0 saturated carbocycles. The van der Waals surface area contributed by atoms with Crippen molar-refractivity contribution >= 4 is 11.4 Å². The lowest BCUT2D eigenvalue weighted by atomic mass is 9.97. The lowest BCUT2D eigenvalue weighted by Crippen LogP contribution is -2.14. The molecule has 0 amide bonds. The number of hydrogen-bond acceptors (Lipinski definition) is 3. The molecule has 1 atom stereocenters. The molecule has 0 aliphatic rings. The van der Waals surface area contributed by atoms with E-state index in [0.29, 0.717) is 11.4 Å². The summed E-state index contributed by atoms with van der Waals surface area (Å²) in [6.45, 7) is 2.05. The molecule has 0 bridgehead atoms. The SMILES string of the molecule is Cc1ccc(C(N)c2ccc(N)cc2N)cc1. The van der Waals surface area contributed by atoms with E-state index >= 15 is 0 Å². The van der Waals surface area contributed by atoms with E-state index in [4.69, 9.17) is 17.2 Å². The van der Waals surface area contributed by atoms with Gasteiger partial charge in [-0.25, -0.2) is 0 Å². The molecule has 6 N–H and O–H groups in total. The predicted molar refractivity (Wildman–Crippen MR) is 72.5 cm³/mol. The first-order valence-corrected chi connectivity index (χ1v) is 5.55. The zero-order chi connectivity index (χ0) is 12.4. The molecule has 0 heterocycles. The van der Waals surface area contributed by atoms with E-state index < -0.39 is 0 Å². The molecule has 2 rings (SSSR count). The molecule has 0 spiro atoms. The average Bonchev–Trinajstić information content (AvgIpc) is 2.29. The van der Waals surface area contributed by atoms with Crippen molar-refractivity contribution in [3.8, 4) is 0 Å². The highest BCUT2D eigenvalue weighted by Crippen LogP contribution is 2.26. The fourth-order valence-corrected chi connectivity index (χ4v) is 1.83. The molecule has 0 radical (unpaired) electrons. The van der Waals surface area contributed by atoms with Crippen molar-refractivity contribution < 1.29 is 0 Å². The van der Waals surface area contributed by atoms with Crippen molar-refractivity contribution in [1.29, 1.82) is 0 Å². The van der Waals surface area contributed by atoms with Crippen LogP contribution < -0.4 is 17.2 Å². The van der Waals surface area contributed by atoms with Gasteiger partial charge in [-0.3, -0.25) is 0 Å². The zero-order valence-electron chi connectivity index (χ0n) is 9.85. The highest BCUT2D eigenvalue weighted by molar-refractivity contribution is 5.59. The second-order valence-corrected chi connectivity index (χ2v) is 4.28. The first-order chi connectivity index (χ1) is 8.08. The molecule has 17 heavy (non-hydrogen) atoms. The van der Waals surface area contributed by atoms with Gasteiger partial charge >= 0.3 is 0 Å². The van der Waals surface area contributed by atoms with Gasteiger partial charge in [0.2, 0.25) is 0 Å². The Labute approximate surface area is 101 Å². The van der Waals surface area contributed by atoms with E-state index in [1.165, 1.54) is 5.56 Å². The van der Waals surface area contributed by atoms with Crippen LogP contribution in [0.5, 0.6) is 0 Å². The van der Waals surface area contributed by atoms with Gasteiger partial charge in [0, 0.05) is 11.4 Å². The minimum absolute atomic E-state index is 0.212. The Bertz CT molecular complexity index is 517. The molecule has 2 aromatic carbocycles. The van der Waals surface area contributed by atoms with Crippen molar-refractivity contribution in [1.82, 2.24) is 0 Å². The number of nitrogen functional groups attached to an aromatic ring is 2. The van der Waals surface area contributed by atoms with Crippen molar-refractivity contribution in [3.63, 3.8) is 0 Å². The topological polar surface area (TPSA) is 78.1 Å². The molecule has 0 aromatic heterocycles. The van der Waals surface area contributed by atoms with Crippen LogP contribution >= 0.6 is 0 Å². The number of nitrogens with two attached hydrogens (primary N) is 3. The first-order valence-electron chi connectivity index (χ1n) is 5.55. The van der Waals surface area contributed by atoms with E-state index in [-0.39, 0.29) is 6.04 Å². The molecule has 1 unspecified atom stereocenters. The summed E-state index contributed by atoms with van der Waals surface area (Å²) in [6, 6.07) is 13.4. The fourth-order valence-electron chi connectivity index (χ4n) is 1.83. The second kappa shape index (κ2) is 4.47. The number of benzene rings is 2. The molecule has 0 aliphatic heterocycles. The summed E-state index contributed by atoms with van der Waals surface area (Å²) in [5.41, 5.74) is 22.3. The van der Waals surface area contributed by atoms with Crippen molar-refractivity contribution in [2.45, 2.75) is 13.0 Å². The monoisotopic (exact) mass is 227 g/mol. The molecule has 3 nitrogen and oxygen atoms in total. The smallest absolute Gasteiger partial charge is 0.0572 e. The third-order valence-electron chi connectivity index (χ3n) is 2.88. The van der Waals surface area contributed by atoms with Crippen LogP contribution in [0.15, 0.2) is 42.5 Å². The summed E-state index contributed by atoms with van der Waals surface area (Å²) in [4.78, 5) is 0. The minimum Gasteiger partial charge on any atom is -0.399 e. The maximum absolute atomic E-state index is 6.20. The van der Waals surface area contributed by atoms with Crippen molar-refractivity contribution in [3.05, 3.63) is 59.2 Å². The van der Waals surface area contributed by atoms with E-state index in [1.54, 1.807) is 6.07 Å². The van der Waals surface area contributed by atoms with Gasteiger partial charge in [0.25, 0.3) is 0 Å². The predicted octanol–water partition coefficient (Wildman–Crippen LogP) is 2.21. The third-order valence-corrected chi connectivity index (χ3v) is 2.88. The van der Waals surface area contributed by atoms with Crippen molar-refractivity contribution in [2.24, 2.45) is 5.73 Å². The lowest BCUT2D eigenvalue weighted by molar-refractivity contribution is 0.874. The normalized spacial score (nSPS) is 12.4. The summed E-state index contributed by atoms with van der Waals surface area (Å²) in [6.07, 6.45) is 0. The van der Waals surface area contributed by atoms with Crippen LogP contribution in [0.1, 0.15) is 22.7 Å². The Morgan fingerprint density at radius 3 is 2.18 bits per heavy atom. The summed E-state index contributed by atoms with van der Waals surface area (Å²) in [5, 5.41) is 0. The van der Waals surface area contributed by atoms with E-state index in [9.17, 15) is 0 Å². The standard InChI is InChI=1S/C14H17N3/c1-9-2-4-10(5-3-9)14(17)12-7-6-11(15)8-13(12)16/h2-8,14H,15-17H2,1H3. The molecule has 0 fully saturated rings. The highest BCUT2D eigenvalue weighted by Gasteiger charge is 2.11. The maximum Gasteiger partial charge on any atom is 0.0572 e. The van der Waals surface area contributed by atoms with Crippen LogP contribution in [0.2, 0.25) is 0 Å². The molecule has 0 saturated heterocycles. The van der Waals surface area contributed by atoms with E-state index in [2.05, 4.69) is 0 Å². The van der Waals surface area contributed by atoms with Gasteiger partial charge in [0.1, 0.15) is 0 Å². The average molecular weight is 227 g/mol. The summed E-state index contributed by atoms with van der Waals surface area (Å²) in [5.74, 6) is 0. The molecule has 2 aromatic rings. The van der Waals surface area contributed by atoms with Crippen LogP contribution in [-0.2, 0) is 0 Å². The molecular weight excluding hydrogens is 210 g/mol. The van der Waals surface area contributed by atoms with Gasteiger partial charge in [-0.1, -0.05) is 35.9 Å². The number of hydrogen-bond donors (Lipinski definition) is 3. The number of rotatable bonds is 2. The van der Waals surface area contributed by atoms with Gasteiger partial charge in [0.05, 0.1) is 6.04 Å². The molecule has 88 valence electrons. The Morgan fingerprint density at radius 2 is 1.59 bits per heavy atom. The largest absolute Gasteiger partial charge is 0.399 e. The van der Waals surface area contributed by atoms with Gasteiger partial charge < -0.3 is 17.2 Å². The summed E-state index contributed by atoms with van der Waals surface area (Å²) in [7, 11) is 0. The van der Waals surface area contributed by atoms with Crippen LogP contribution in [0.25, 0.3) is 0 Å². The van der Waals surface area contributed by atoms with E-state index in [0.717, 1.165) is 11.1 Å². The summed E-state index contributed by atoms with van der Waals surface area (Å²) < 4.78 is 0. The van der Waals surface area contributed by atoms with Crippen LogP contribution in [0.4, 0.5) is 11.4 Å². The first kappa shape index (κ1) is 11.5. The molecule has 0 aliphatic carbocycles. The number of aryl methyl sites for hydroxylation is 1. The van der Waals surface area contributed by atoms with Crippen LogP contribution in [-0.4, -0.2) is 0 Å². The van der Waals surface area contributed by atoms with Gasteiger partial charge in [-0.05, 0) is 30.2 Å². The Morgan fingerprint density at radius 1 is 0.941 bits per heavy atom. The maximum atomic E-state index is 6.20. The fraction of sp³-hybridized carbons (Fsp3) is 0.143. The van der Waals surface area contributed by atoms with Crippen LogP contribution in [0, 0.1) is 6.92 Å². The highest BCUT2D eigenvalue weighted by atomic mass is 14.7. The van der Waals surface area contributed by atoms with Crippen LogP contribution in [0.3, 0.4) is 0 Å². The molecular formula is C14H17N3. The van der Waals surface area contributed by atoms with Gasteiger partial charge in [-0.2, -0.15) is 0 Å². The zero-order valence-corrected chi connectivity index (χ0v) is 9.85. The Kier molecular flexibility index (Phi) is 3.02.